The Labute approximate surface area is 225 Å². The molecule has 0 saturated carbocycles. The van der Waals surface area contributed by atoms with Crippen LogP contribution in [0.25, 0.3) is 17.0 Å². The summed E-state index contributed by atoms with van der Waals surface area (Å²) in [6, 6.07) is 7.48. The summed E-state index contributed by atoms with van der Waals surface area (Å²) in [7, 11) is 0. The topological polar surface area (TPSA) is 71.8 Å². The molecular weight excluding hydrogens is 509 g/mol. The number of benzene rings is 2. The largest absolute Gasteiger partial charge is 0.464 e. The number of rotatable bonds is 5. The number of esters is 1. The van der Waals surface area contributed by atoms with Crippen molar-refractivity contribution in [3.63, 3.8) is 0 Å². The number of carboxylic acid groups (broad SMARTS) is 1. The van der Waals surface area contributed by atoms with Crippen LogP contribution in [0.2, 0.25) is 0 Å². The number of ether oxygens (including phenoxy) is 1. The predicted octanol–water partition coefficient (Wildman–Crippen LogP) is 6.88. The van der Waals surface area contributed by atoms with Gasteiger partial charge in [-0.05, 0) is 83.4 Å². The molecule has 0 spiro atoms. The molecule has 0 radical (unpaired) electrons. The zero-order chi connectivity index (χ0) is 28.9. The van der Waals surface area contributed by atoms with Crippen LogP contribution in [0.15, 0.2) is 42.5 Å². The normalized spacial score (nSPS) is 18.5. The Kier molecular flexibility index (Phi) is 7.42. The van der Waals surface area contributed by atoms with Gasteiger partial charge in [0.05, 0.1) is 17.3 Å². The minimum atomic E-state index is -1.73. The Balaban J connectivity index is 1.91. The molecule has 0 bridgehead atoms. The maximum Gasteiger partial charge on any atom is 0.416 e. The van der Waals surface area contributed by atoms with Gasteiger partial charge in [0.1, 0.15) is 22.9 Å². The zero-order valence-corrected chi connectivity index (χ0v) is 22.9. The van der Waals surface area contributed by atoms with Gasteiger partial charge in [-0.1, -0.05) is 18.2 Å². The molecule has 1 aromatic heterocycles. The van der Waals surface area contributed by atoms with Gasteiger partial charge in [-0.25, -0.2) is 27.3 Å². The number of alkyl halides is 1. The minimum absolute atomic E-state index is 0.0832. The maximum atomic E-state index is 15.8. The van der Waals surface area contributed by atoms with Crippen molar-refractivity contribution in [1.82, 2.24) is 9.47 Å². The van der Waals surface area contributed by atoms with E-state index in [2.05, 4.69) is 0 Å². The van der Waals surface area contributed by atoms with Crippen molar-refractivity contribution < 1.29 is 32.6 Å². The summed E-state index contributed by atoms with van der Waals surface area (Å²) in [5, 5.41) is 10.9. The van der Waals surface area contributed by atoms with Crippen LogP contribution < -0.4 is 0 Å². The summed E-state index contributed by atoms with van der Waals surface area (Å²) < 4.78 is 53.0. The lowest BCUT2D eigenvalue weighted by atomic mass is 9.86. The van der Waals surface area contributed by atoms with E-state index in [1.807, 2.05) is 6.92 Å². The Morgan fingerprint density at radius 2 is 1.72 bits per heavy atom. The smallest absolute Gasteiger partial charge is 0.416 e. The summed E-state index contributed by atoms with van der Waals surface area (Å²) in [4.78, 5) is 26.2. The Hall–Kier alpha value is -3.59. The van der Waals surface area contributed by atoms with Crippen molar-refractivity contribution in [2.75, 3.05) is 6.54 Å². The van der Waals surface area contributed by atoms with Crippen LogP contribution in [-0.4, -0.2) is 50.5 Å². The molecule has 2 atom stereocenters. The molecule has 1 aliphatic heterocycles. The summed E-state index contributed by atoms with van der Waals surface area (Å²) in [6.45, 7) is 9.50. The molecule has 2 aromatic carbocycles. The first-order chi connectivity index (χ1) is 18.1. The summed E-state index contributed by atoms with van der Waals surface area (Å²) in [5.74, 6) is -2.54. The second kappa shape index (κ2) is 10.2. The van der Waals surface area contributed by atoms with Gasteiger partial charge in [0.25, 0.3) is 0 Å². The number of carbonyl (C=O) groups is 2. The van der Waals surface area contributed by atoms with Gasteiger partial charge < -0.3 is 9.84 Å². The number of hydrogen-bond donors (Lipinski definition) is 1. The van der Waals surface area contributed by atoms with Crippen LogP contribution in [0.1, 0.15) is 70.0 Å². The standard InChI is InChI=1S/C30H33F3N2O4/c1-17-13-20-19-9-7-8-10-23(19)35(28(37)38)26(20)27(34(17)16-30(5,6)33)25-21(31)14-18(15-22(25)32)11-12-24(36)39-29(2,3)4/h7-12,14-15,17,27H,13,16H2,1-6H3,(H,37,38)/b12-11+/t17-,27-/m1/s1. The van der Waals surface area contributed by atoms with E-state index in [0.717, 1.165) is 22.8 Å². The molecule has 1 aliphatic rings. The fraction of sp³-hybridized carbons (Fsp3) is 0.400. The fourth-order valence-corrected chi connectivity index (χ4v) is 5.30. The number of aromatic nitrogens is 1. The maximum absolute atomic E-state index is 15.8. The van der Waals surface area contributed by atoms with Gasteiger partial charge in [-0.2, -0.15) is 0 Å². The second-order valence-electron chi connectivity index (χ2n) is 11.6. The highest BCUT2D eigenvalue weighted by Crippen LogP contribution is 2.45. The van der Waals surface area contributed by atoms with Gasteiger partial charge in [0.15, 0.2) is 0 Å². The predicted molar refractivity (Wildman–Crippen MR) is 143 cm³/mol. The summed E-state index contributed by atoms with van der Waals surface area (Å²) in [6.07, 6.45) is 1.41. The number of fused-ring (bicyclic) bond motifs is 3. The van der Waals surface area contributed by atoms with Crippen LogP contribution in [0.3, 0.4) is 0 Å². The highest BCUT2D eigenvalue weighted by molar-refractivity contribution is 5.94. The van der Waals surface area contributed by atoms with Gasteiger partial charge in [-0.15, -0.1) is 0 Å². The van der Waals surface area contributed by atoms with Gasteiger partial charge in [0.2, 0.25) is 0 Å². The summed E-state index contributed by atoms with van der Waals surface area (Å²) in [5.41, 5.74) is -1.51. The zero-order valence-electron chi connectivity index (χ0n) is 22.9. The SMILES string of the molecule is C[C@@H]1Cc2c(n(C(=O)O)c3ccccc23)[C@@H](c2c(F)cc(/C=C/C(=O)OC(C)(C)C)cc2F)N1CC(C)(C)F. The van der Waals surface area contributed by atoms with Crippen LogP contribution >= 0.6 is 0 Å². The third-order valence-corrected chi connectivity index (χ3v) is 6.62. The molecule has 0 unspecified atom stereocenters. The quantitative estimate of drug-likeness (QED) is 0.281. The molecule has 6 nitrogen and oxygen atoms in total. The molecule has 3 aromatic rings. The van der Waals surface area contributed by atoms with E-state index in [1.165, 1.54) is 19.9 Å². The van der Waals surface area contributed by atoms with Crippen molar-refractivity contribution in [3.8, 4) is 0 Å². The van der Waals surface area contributed by atoms with E-state index in [9.17, 15) is 14.7 Å². The fourth-order valence-electron chi connectivity index (χ4n) is 5.30. The molecule has 0 fully saturated rings. The molecule has 0 amide bonds. The molecule has 4 rings (SSSR count). The molecule has 2 heterocycles. The van der Waals surface area contributed by atoms with Gasteiger partial charge in [-0.3, -0.25) is 4.90 Å². The number of hydrogen-bond acceptors (Lipinski definition) is 4. The van der Waals surface area contributed by atoms with Crippen LogP contribution in [0.5, 0.6) is 0 Å². The molecule has 39 heavy (non-hydrogen) atoms. The molecular formula is C30H33F3N2O4. The van der Waals surface area contributed by atoms with E-state index in [1.54, 1.807) is 49.9 Å². The van der Waals surface area contributed by atoms with Crippen molar-refractivity contribution in [3.05, 3.63) is 76.5 Å². The lowest BCUT2D eigenvalue weighted by Gasteiger charge is -2.43. The average Bonchev–Trinajstić information content (AvgIpc) is 3.11. The molecule has 0 saturated heterocycles. The monoisotopic (exact) mass is 542 g/mol. The Morgan fingerprint density at radius 1 is 1.10 bits per heavy atom. The van der Waals surface area contributed by atoms with E-state index in [4.69, 9.17) is 4.74 Å². The van der Waals surface area contributed by atoms with Crippen molar-refractivity contribution in [1.29, 1.82) is 0 Å². The Bertz CT molecular complexity index is 1440. The highest BCUT2D eigenvalue weighted by atomic mass is 19.1. The number of carbonyl (C=O) groups excluding carboxylic acids is 1. The van der Waals surface area contributed by atoms with Crippen molar-refractivity contribution >= 4 is 29.0 Å². The molecule has 1 N–H and O–H groups in total. The average molecular weight is 543 g/mol. The third-order valence-electron chi connectivity index (χ3n) is 6.62. The lowest BCUT2D eigenvalue weighted by Crippen LogP contribution is -2.49. The lowest BCUT2D eigenvalue weighted by molar-refractivity contribution is -0.148. The number of nitrogens with zero attached hydrogens (tertiary/aromatic N) is 2. The van der Waals surface area contributed by atoms with Crippen LogP contribution in [-0.2, 0) is 16.0 Å². The van der Waals surface area contributed by atoms with Crippen LogP contribution in [0.4, 0.5) is 18.0 Å². The second-order valence-corrected chi connectivity index (χ2v) is 11.6. The van der Waals surface area contributed by atoms with E-state index in [0.29, 0.717) is 22.9 Å². The van der Waals surface area contributed by atoms with Gasteiger partial charge >= 0.3 is 12.1 Å². The Morgan fingerprint density at radius 3 is 2.28 bits per heavy atom. The number of para-hydroxylation sites is 1. The first kappa shape index (κ1) is 28.4. The van der Waals surface area contributed by atoms with E-state index < -0.39 is 41.0 Å². The summed E-state index contributed by atoms with van der Waals surface area (Å²) >= 11 is 0. The first-order valence-corrected chi connectivity index (χ1v) is 12.8. The first-order valence-electron chi connectivity index (χ1n) is 12.8. The minimum Gasteiger partial charge on any atom is -0.464 e. The van der Waals surface area contributed by atoms with Crippen LogP contribution in [0, 0.1) is 11.6 Å². The molecule has 0 aliphatic carbocycles. The van der Waals surface area contributed by atoms with Crippen molar-refractivity contribution in [2.45, 2.75) is 71.3 Å². The van der Waals surface area contributed by atoms with E-state index in [-0.39, 0.29) is 29.4 Å². The highest BCUT2D eigenvalue weighted by Gasteiger charge is 2.43. The van der Waals surface area contributed by atoms with Gasteiger partial charge in [0, 0.05) is 29.6 Å². The van der Waals surface area contributed by atoms with Crippen molar-refractivity contribution in [2.24, 2.45) is 0 Å². The van der Waals surface area contributed by atoms with E-state index >= 15 is 13.2 Å². The molecule has 9 heteroatoms. The number of halogens is 3. The third kappa shape index (κ3) is 5.88. The molecule has 208 valence electrons.